The van der Waals surface area contributed by atoms with Crippen LogP contribution in [0.2, 0.25) is 0 Å². The van der Waals surface area contributed by atoms with Gasteiger partial charge in [-0.1, -0.05) is 6.07 Å². The predicted molar refractivity (Wildman–Crippen MR) is 98.3 cm³/mol. The van der Waals surface area contributed by atoms with E-state index in [4.69, 9.17) is 14.8 Å². The highest BCUT2D eigenvalue weighted by molar-refractivity contribution is 7.55. The molecule has 0 aliphatic rings. The number of nitro groups is 1. The van der Waals surface area contributed by atoms with Crippen LogP contribution in [-0.2, 0) is 18.4 Å². The fourth-order valence-electron chi connectivity index (χ4n) is 2.20. The van der Waals surface area contributed by atoms with Gasteiger partial charge in [-0.25, -0.2) is 0 Å². The summed E-state index contributed by atoms with van der Waals surface area (Å²) >= 11 is 0. The zero-order valence-corrected chi connectivity index (χ0v) is 16.7. The molecule has 1 unspecified atom stereocenters. The molecule has 0 aliphatic heterocycles. The van der Waals surface area contributed by atoms with Crippen LogP contribution in [-0.4, -0.2) is 34.7 Å². The lowest BCUT2D eigenvalue weighted by Crippen LogP contribution is -2.45. The average molecular weight is 401 g/mol. The maximum atomic E-state index is 13.1. The second kappa shape index (κ2) is 9.07. The van der Waals surface area contributed by atoms with E-state index >= 15 is 0 Å². The first kappa shape index (κ1) is 22.8. The summed E-state index contributed by atoms with van der Waals surface area (Å²) in [5, 5.41) is 13.3. The van der Waals surface area contributed by atoms with Crippen molar-refractivity contribution in [3.8, 4) is 0 Å². The number of amides is 2. The van der Waals surface area contributed by atoms with Gasteiger partial charge in [0.15, 0.2) is 0 Å². The Morgan fingerprint density at radius 3 is 2.11 bits per heavy atom. The van der Waals surface area contributed by atoms with Crippen LogP contribution in [0.4, 0.5) is 5.69 Å². The Morgan fingerprint density at radius 1 is 1.19 bits per heavy atom. The molecule has 3 N–H and O–H groups in total. The van der Waals surface area contributed by atoms with Gasteiger partial charge in [-0.3, -0.25) is 24.3 Å². The van der Waals surface area contributed by atoms with Gasteiger partial charge < -0.3 is 20.1 Å². The summed E-state index contributed by atoms with van der Waals surface area (Å²) in [5.74, 6) is -3.74. The van der Waals surface area contributed by atoms with E-state index in [2.05, 4.69) is 5.32 Å². The fraction of sp³-hybridized carbons (Fsp3) is 0.500. The third-order valence-electron chi connectivity index (χ3n) is 3.24. The van der Waals surface area contributed by atoms with Gasteiger partial charge in [-0.15, -0.1) is 0 Å². The van der Waals surface area contributed by atoms with E-state index in [0.29, 0.717) is 5.56 Å². The monoisotopic (exact) mass is 401 g/mol. The van der Waals surface area contributed by atoms with Gasteiger partial charge in [0.2, 0.25) is 5.78 Å². The van der Waals surface area contributed by atoms with Crippen LogP contribution in [0.25, 0.3) is 0 Å². The zero-order valence-electron chi connectivity index (χ0n) is 15.8. The molecule has 0 spiro atoms. The number of carbonyl (C=O) groups is 2. The number of nitrogens with one attached hydrogen (secondary N) is 1. The van der Waals surface area contributed by atoms with Crippen molar-refractivity contribution < 1.29 is 28.1 Å². The minimum atomic E-state index is -4.15. The first-order chi connectivity index (χ1) is 12.4. The van der Waals surface area contributed by atoms with Gasteiger partial charge in [0.1, 0.15) is 0 Å². The van der Waals surface area contributed by atoms with Crippen LogP contribution >= 0.6 is 7.60 Å². The van der Waals surface area contributed by atoms with Crippen molar-refractivity contribution in [2.24, 2.45) is 5.73 Å². The highest BCUT2D eigenvalue weighted by Gasteiger charge is 2.43. The van der Waals surface area contributed by atoms with E-state index in [1.54, 1.807) is 27.7 Å². The summed E-state index contributed by atoms with van der Waals surface area (Å²) in [7, 11) is -4.15. The van der Waals surface area contributed by atoms with Crippen molar-refractivity contribution in [2.75, 3.05) is 0 Å². The molecule has 1 rings (SSSR count). The Kier molecular flexibility index (Phi) is 7.65. The number of aryl methyl sites for hydroxylation is 1. The molecule has 1 aromatic carbocycles. The predicted octanol–water partition coefficient (Wildman–Crippen LogP) is 2.49. The second-order valence-corrected chi connectivity index (χ2v) is 8.40. The lowest BCUT2D eigenvalue weighted by molar-refractivity contribution is -0.385. The first-order valence-electron chi connectivity index (χ1n) is 8.19. The van der Waals surface area contributed by atoms with Gasteiger partial charge in [0.25, 0.3) is 17.5 Å². The molecule has 1 aromatic rings. The molecular formula is C16H24N3O7P. The summed E-state index contributed by atoms with van der Waals surface area (Å²) < 4.78 is 23.7. The van der Waals surface area contributed by atoms with E-state index < -0.39 is 42.3 Å². The maximum absolute atomic E-state index is 13.1. The van der Waals surface area contributed by atoms with E-state index in [9.17, 15) is 24.3 Å². The minimum Gasteiger partial charge on any atom is -0.367 e. The SMILES string of the molecule is Cc1ccc(C(=O)NC(C(N)=O)P(=O)(OC(C)C)OC(C)C)cc1[N+](=O)[O-]. The number of rotatable bonds is 9. The third-order valence-corrected chi connectivity index (χ3v) is 5.68. The van der Waals surface area contributed by atoms with Gasteiger partial charge in [0, 0.05) is 17.2 Å². The molecule has 0 heterocycles. The smallest absolute Gasteiger partial charge is 0.362 e. The normalized spacial score (nSPS) is 12.9. The Balaban J connectivity index is 3.23. The van der Waals surface area contributed by atoms with E-state index in [-0.39, 0.29) is 11.3 Å². The quantitative estimate of drug-likeness (QED) is 0.366. The highest BCUT2D eigenvalue weighted by Crippen LogP contribution is 2.54. The van der Waals surface area contributed by atoms with Crippen LogP contribution < -0.4 is 11.1 Å². The molecule has 0 aromatic heterocycles. The van der Waals surface area contributed by atoms with Gasteiger partial charge in [-0.2, -0.15) is 0 Å². The number of nitrogens with two attached hydrogens (primary N) is 1. The number of nitro benzene ring substituents is 1. The van der Waals surface area contributed by atoms with Crippen LogP contribution in [0, 0.1) is 17.0 Å². The number of carbonyl (C=O) groups excluding carboxylic acids is 2. The number of nitrogens with zero attached hydrogens (tertiary/aromatic N) is 1. The molecule has 0 saturated carbocycles. The van der Waals surface area contributed by atoms with Gasteiger partial charge in [0.05, 0.1) is 17.1 Å². The molecule has 27 heavy (non-hydrogen) atoms. The summed E-state index contributed by atoms with van der Waals surface area (Å²) in [4.78, 5) is 34.8. The largest absolute Gasteiger partial charge is 0.367 e. The molecule has 150 valence electrons. The minimum absolute atomic E-state index is 0.0980. The first-order valence-corrected chi connectivity index (χ1v) is 9.80. The molecule has 10 nitrogen and oxygen atoms in total. The van der Waals surface area contributed by atoms with Crippen molar-refractivity contribution in [1.82, 2.24) is 5.32 Å². The Labute approximate surface area is 157 Å². The number of benzene rings is 1. The second-order valence-electron chi connectivity index (χ2n) is 6.38. The Bertz CT molecular complexity index is 765. The third kappa shape index (κ3) is 6.13. The van der Waals surface area contributed by atoms with Crippen LogP contribution in [0.5, 0.6) is 0 Å². The molecule has 0 saturated heterocycles. The molecule has 0 bridgehead atoms. The Hall–Kier alpha value is -2.29. The lowest BCUT2D eigenvalue weighted by Gasteiger charge is -2.28. The summed E-state index contributed by atoms with van der Waals surface area (Å²) in [6, 6.07) is 3.79. The summed E-state index contributed by atoms with van der Waals surface area (Å²) in [6.07, 6.45) is -1.15. The summed E-state index contributed by atoms with van der Waals surface area (Å²) in [6.45, 7) is 7.85. The topological polar surface area (TPSA) is 151 Å². The molecule has 11 heteroatoms. The number of primary amides is 1. The summed E-state index contributed by atoms with van der Waals surface area (Å²) in [5.41, 5.74) is 5.31. The fourth-order valence-corrected chi connectivity index (χ4v) is 4.25. The molecule has 0 fully saturated rings. The van der Waals surface area contributed by atoms with Crippen LogP contribution in [0.15, 0.2) is 18.2 Å². The highest BCUT2D eigenvalue weighted by atomic mass is 31.2. The zero-order chi connectivity index (χ0) is 20.9. The molecule has 2 amide bonds. The number of hydrogen-bond donors (Lipinski definition) is 2. The maximum Gasteiger partial charge on any atom is 0.362 e. The molecule has 1 atom stereocenters. The Morgan fingerprint density at radius 2 is 1.70 bits per heavy atom. The van der Waals surface area contributed by atoms with Crippen LogP contribution in [0.3, 0.4) is 0 Å². The molecule has 0 radical (unpaired) electrons. The van der Waals surface area contributed by atoms with E-state index in [1.807, 2.05) is 0 Å². The van der Waals surface area contributed by atoms with Crippen molar-refractivity contribution in [2.45, 2.75) is 52.6 Å². The van der Waals surface area contributed by atoms with Crippen molar-refractivity contribution in [3.63, 3.8) is 0 Å². The standard InChI is InChI=1S/C16H24N3O7P/c1-9(2)25-27(24,26-10(3)4)16(14(17)20)18-15(21)12-7-6-11(5)13(8-12)19(22)23/h6-10,16H,1-5H3,(H2,17,20)(H,18,21). The van der Waals surface area contributed by atoms with E-state index in [1.165, 1.54) is 19.1 Å². The van der Waals surface area contributed by atoms with E-state index in [0.717, 1.165) is 6.07 Å². The van der Waals surface area contributed by atoms with Gasteiger partial charge >= 0.3 is 7.60 Å². The van der Waals surface area contributed by atoms with Crippen molar-refractivity contribution >= 4 is 25.1 Å². The molecular weight excluding hydrogens is 377 g/mol. The van der Waals surface area contributed by atoms with Gasteiger partial charge in [-0.05, 0) is 40.7 Å². The van der Waals surface area contributed by atoms with Crippen molar-refractivity contribution in [1.29, 1.82) is 0 Å². The van der Waals surface area contributed by atoms with Crippen molar-refractivity contribution in [3.05, 3.63) is 39.4 Å². The number of hydrogen-bond acceptors (Lipinski definition) is 7. The molecule has 0 aliphatic carbocycles. The van der Waals surface area contributed by atoms with Crippen LogP contribution in [0.1, 0.15) is 43.6 Å². The lowest BCUT2D eigenvalue weighted by atomic mass is 10.1. The average Bonchev–Trinajstić information content (AvgIpc) is 2.50.